The molecule has 1 aromatic carbocycles. The first-order valence-electron chi connectivity index (χ1n) is 6.52. The van der Waals surface area contributed by atoms with Gasteiger partial charge in [0.2, 0.25) is 0 Å². The van der Waals surface area contributed by atoms with E-state index in [1.54, 1.807) is 12.1 Å². The van der Waals surface area contributed by atoms with E-state index in [1.165, 1.54) is 0 Å². The molecule has 0 radical (unpaired) electrons. The molecule has 0 aromatic heterocycles. The molecule has 0 fully saturated rings. The van der Waals surface area contributed by atoms with Crippen LogP contribution in [0.4, 0.5) is 0 Å². The molecule has 1 heterocycles. The van der Waals surface area contributed by atoms with Gasteiger partial charge < -0.3 is 9.47 Å². The number of para-hydroxylation sites is 1. The van der Waals surface area contributed by atoms with Crippen molar-refractivity contribution in [2.45, 2.75) is 20.0 Å². The number of carbonyl (C=O) groups is 3. The van der Waals surface area contributed by atoms with Crippen LogP contribution in [0.2, 0.25) is 0 Å². The van der Waals surface area contributed by atoms with Gasteiger partial charge >= 0.3 is 5.97 Å². The normalized spacial score (nSPS) is 13.7. The summed E-state index contributed by atoms with van der Waals surface area (Å²) in [6, 6.07) is 7.23. The van der Waals surface area contributed by atoms with E-state index >= 15 is 0 Å². The highest BCUT2D eigenvalue weighted by Crippen LogP contribution is 2.19. The van der Waals surface area contributed by atoms with Crippen LogP contribution in [-0.4, -0.2) is 24.4 Å². The maximum atomic E-state index is 11.7. The van der Waals surface area contributed by atoms with Crippen LogP contribution in [0.3, 0.4) is 0 Å². The first-order chi connectivity index (χ1) is 10.1. The number of nitrogens with one attached hydrogen (secondary N) is 1. The second-order valence-electron chi connectivity index (χ2n) is 4.37. The van der Waals surface area contributed by atoms with Gasteiger partial charge in [-0.15, -0.1) is 0 Å². The van der Waals surface area contributed by atoms with Gasteiger partial charge in [0.1, 0.15) is 12.4 Å². The lowest BCUT2D eigenvalue weighted by atomic mass is 10.2. The van der Waals surface area contributed by atoms with Crippen molar-refractivity contribution >= 4 is 17.8 Å². The highest BCUT2D eigenvalue weighted by Gasteiger charge is 2.23. The number of amides is 2. The van der Waals surface area contributed by atoms with E-state index in [1.807, 2.05) is 19.1 Å². The SMILES string of the molecule is CCOc1ccccc1COC(=O)CC1=CC(=O)NC1=O. The van der Waals surface area contributed by atoms with E-state index in [4.69, 9.17) is 9.47 Å². The first-order valence-corrected chi connectivity index (χ1v) is 6.52. The summed E-state index contributed by atoms with van der Waals surface area (Å²) < 4.78 is 10.5. The van der Waals surface area contributed by atoms with Crippen LogP contribution in [0.5, 0.6) is 5.75 Å². The molecule has 6 heteroatoms. The van der Waals surface area contributed by atoms with E-state index in [0.29, 0.717) is 12.4 Å². The van der Waals surface area contributed by atoms with Crippen molar-refractivity contribution in [3.63, 3.8) is 0 Å². The molecule has 0 spiro atoms. The van der Waals surface area contributed by atoms with Crippen LogP contribution in [0.25, 0.3) is 0 Å². The minimum Gasteiger partial charge on any atom is -0.493 e. The van der Waals surface area contributed by atoms with Gasteiger partial charge in [-0.1, -0.05) is 18.2 Å². The predicted octanol–water partition coefficient (Wildman–Crippen LogP) is 1.10. The lowest BCUT2D eigenvalue weighted by molar-refractivity contribution is -0.144. The Labute approximate surface area is 121 Å². The quantitative estimate of drug-likeness (QED) is 0.626. The average molecular weight is 289 g/mol. The molecule has 2 amide bonds. The monoisotopic (exact) mass is 289 g/mol. The minimum absolute atomic E-state index is 0.0534. The summed E-state index contributed by atoms with van der Waals surface area (Å²) in [5, 5.41) is 2.07. The van der Waals surface area contributed by atoms with Crippen molar-refractivity contribution in [2.24, 2.45) is 0 Å². The fraction of sp³-hybridized carbons (Fsp3) is 0.267. The standard InChI is InChI=1S/C15H15NO5/c1-2-20-12-6-4-3-5-10(12)9-21-14(18)8-11-7-13(17)16-15(11)19/h3-7H,2,8-9H2,1H3,(H,16,17,19). The lowest BCUT2D eigenvalue weighted by Crippen LogP contribution is -2.23. The highest BCUT2D eigenvalue weighted by molar-refractivity contribution is 6.17. The van der Waals surface area contributed by atoms with Gasteiger partial charge in [-0.2, -0.15) is 0 Å². The van der Waals surface area contributed by atoms with Crippen molar-refractivity contribution < 1.29 is 23.9 Å². The average Bonchev–Trinajstić information content (AvgIpc) is 2.76. The Kier molecular flexibility index (Phi) is 4.71. The van der Waals surface area contributed by atoms with Crippen LogP contribution in [0, 0.1) is 0 Å². The van der Waals surface area contributed by atoms with Crippen LogP contribution in [0.1, 0.15) is 18.9 Å². The Morgan fingerprint density at radius 2 is 2.00 bits per heavy atom. The Hall–Kier alpha value is -2.63. The van der Waals surface area contributed by atoms with Crippen LogP contribution >= 0.6 is 0 Å². The van der Waals surface area contributed by atoms with Gasteiger partial charge in [-0.3, -0.25) is 19.7 Å². The van der Waals surface area contributed by atoms with E-state index in [0.717, 1.165) is 11.6 Å². The van der Waals surface area contributed by atoms with Gasteiger partial charge in [0.15, 0.2) is 0 Å². The molecule has 0 unspecified atom stereocenters. The molecule has 2 rings (SSSR count). The molecule has 0 saturated carbocycles. The number of hydrogen-bond donors (Lipinski definition) is 1. The summed E-state index contributed by atoms with van der Waals surface area (Å²) in [5.74, 6) is -0.977. The Morgan fingerprint density at radius 3 is 2.67 bits per heavy atom. The summed E-state index contributed by atoms with van der Waals surface area (Å²) in [5.41, 5.74) is 0.858. The van der Waals surface area contributed by atoms with Gasteiger partial charge in [0.25, 0.3) is 11.8 Å². The fourth-order valence-electron chi connectivity index (χ4n) is 1.87. The van der Waals surface area contributed by atoms with Crippen molar-refractivity contribution in [1.29, 1.82) is 0 Å². The van der Waals surface area contributed by atoms with Gasteiger partial charge in [-0.25, -0.2) is 0 Å². The second kappa shape index (κ2) is 6.69. The van der Waals surface area contributed by atoms with E-state index in [9.17, 15) is 14.4 Å². The smallest absolute Gasteiger partial charge is 0.310 e. The molecular weight excluding hydrogens is 274 g/mol. The zero-order chi connectivity index (χ0) is 15.2. The third-order valence-electron chi connectivity index (χ3n) is 2.83. The largest absolute Gasteiger partial charge is 0.493 e. The van der Waals surface area contributed by atoms with Gasteiger partial charge in [0.05, 0.1) is 13.0 Å². The summed E-state index contributed by atoms with van der Waals surface area (Å²) in [6.45, 7) is 2.43. The summed E-state index contributed by atoms with van der Waals surface area (Å²) in [7, 11) is 0. The molecule has 1 aromatic rings. The molecule has 0 atom stereocenters. The molecule has 1 N–H and O–H groups in total. The number of benzene rings is 1. The van der Waals surface area contributed by atoms with Crippen LogP contribution < -0.4 is 10.1 Å². The zero-order valence-corrected chi connectivity index (χ0v) is 11.5. The molecule has 0 bridgehead atoms. The van der Waals surface area contributed by atoms with E-state index in [-0.39, 0.29) is 18.6 Å². The third-order valence-corrected chi connectivity index (χ3v) is 2.83. The Bertz CT molecular complexity index is 606. The Balaban J connectivity index is 1.91. The number of carbonyl (C=O) groups excluding carboxylic acids is 3. The molecular formula is C15H15NO5. The maximum absolute atomic E-state index is 11.7. The summed E-state index contributed by atoms with van der Waals surface area (Å²) >= 11 is 0. The number of ether oxygens (including phenoxy) is 2. The summed E-state index contributed by atoms with van der Waals surface area (Å²) in [4.78, 5) is 34.0. The second-order valence-corrected chi connectivity index (χ2v) is 4.37. The van der Waals surface area contributed by atoms with Gasteiger partial charge in [-0.05, 0) is 13.0 Å². The third kappa shape index (κ3) is 3.92. The molecule has 6 nitrogen and oxygen atoms in total. The molecule has 0 saturated heterocycles. The maximum Gasteiger partial charge on any atom is 0.310 e. The van der Waals surface area contributed by atoms with E-state index < -0.39 is 17.8 Å². The van der Waals surface area contributed by atoms with Crippen molar-refractivity contribution in [2.75, 3.05) is 6.61 Å². The minimum atomic E-state index is -0.572. The number of hydrogen-bond acceptors (Lipinski definition) is 5. The summed E-state index contributed by atoms with van der Waals surface area (Å²) in [6.07, 6.45) is 0.881. The molecule has 21 heavy (non-hydrogen) atoms. The number of esters is 1. The predicted molar refractivity (Wildman–Crippen MR) is 73.3 cm³/mol. The highest BCUT2D eigenvalue weighted by atomic mass is 16.5. The molecule has 1 aliphatic rings. The lowest BCUT2D eigenvalue weighted by Gasteiger charge is -2.10. The molecule has 110 valence electrons. The zero-order valence-electron chi connectivity index (χ0n) is 11.5. The first kappa shape index (κ1) is 14.8. The van der Waals surface area contributed by atoms with Crippen molar-refractivity contribution in [3.05, 3.63) is 41.5 Å². The van der Waals surface area contributed by atoms with Crippen LogP contribution in [-0.2, 0) is 25.7 Å². The fourth-order valence-corrected chi connectivity index (χ4v) is 1.87. The van der Waals surface area contributed by atoms with Crippen molar-refractivity contribution in [1.82, 2.24) is 5.32 Å². The van der Waals surface area contributed by atoms with Gasteiger partial charge in [0, 0.05) is 17.2 Å². The van der Waals surface area contributed by atoms with E-state index in [2.05, 4.69) is 5.32 Å². The number of rotatable bonds is 6. The Morgan fingerprint density at radius 1 is 1.24 bits per heavy atom. The van der Waals surface area contributed by atoms with Crippen molar-refractivity contribution in [3.8, 4) is 5.75 Å². The molecule has 1 aliphatic heterocycles. The molecule has 0 aliphatic carbocycles. The number of imide groups is 1. The topological polar surface area (TPSA) is 81.7 Å². The van der Waals surface area contributed by atoms with Crippen LogP contribution in [0.15, 0.2) is 35.9 Å².